The summed E-state index contributed by atoms with van der Waals surface area (Å²) in [6.07, 6.45) is 0. The van der Waals surface area contributed by atoms with Crippen molar-refractivity contribution in [2.45, 2.75) is 45.4 Å². The minimum Gasteiger partial charge on any atom is -0.309 e. The van der Waals surface area contributed by atoms with Gasteiger partial charge in [-0.1, -0.05) is 129 Å². The van der Waals surface area contributed by atoms with Crippen molar-refractivity contribution in [2.24, 2.45) is 5.41 Å². The molecular weight excluding hydrogens is 550 g/mol. The number of benzene rings is 5. The fourth-order valence-electron chi connectivity index (χ4n) is 7.32. The van der Waals surface area contributed by atoms with Crippen LogP contribution in [0.5, 0.6) is 0 Å². The Bertz CT molecular complexity index is 1780. The first-order valence-corrected chi connectivity index (χ1v) is 14.9. The van der Waals surface area contributed by atoms with Gasteiger partial charge < -0.3 is 4.90 Å². The van der Waals surface area contributed by atoms with Crippen molar-refractivity contribution < 1.29 is 0 Å². The monoisotopic (exact) mass is 583 g/mol. The molecule has 1 aliphatic carbocycles. The summed E-state index contributed by atoms with van der Waals surface area (Å²) in [4.78, 5) is 2.46. The molecule has 0 saturated carbocycles. The Morgan fingerprint density at radius 1 is 0.550 bits per heavy atom. The van der Waals surface area contributed by atoms with E-state index in [4.69, 9.17) is 0 Å². The van der Waals surface area contributed by atoms with E-state index in [0.717, 1.165) is 4.47 Å². The highest BCUT2D eigenvalue weighted by atomic mass is 79.9. The number of hydrogen-bond donors (Lipinski definition) is 0. The minimum atomic E-state index is -0.172. The molecule has 0 fully saturated rings. The average Bonchev–Trinajstić information content (AvgIpc) is 3.08. The predicted octanol–water partition coefficient (Wildman–Crippen LogP) is 11.2. The molecule has 0 N–H and O–H groups in total. The number of fused-ring (bicyclic) bond motifs is 6. The second-order valence-electron chi connectivity index (χ2n) is 12.5. The number of anilines is 3. The molecule has 1 unspecified atom stereocenters. The number of para-hydroxylation sites is 2. The van der Waals surface area contributed by atoms with E-state index in [0.29, 0.717) is 0 Å². The molecule has 5 aromatic carbocycles. The molecule has 0 aromatic heterocycles. The maximum Gasteiger partial charge on any atom is 0.0540 e. The van der Waals surface area contributed by atoms with Gasteiger partial charge in [0.15, 0.2) is 0 Å². The molecule has 0 spiro atoms. The second-order valence-corrected chi connectivity index (χ2v) is 13.4. The van der Waals surface area contributed by atoms with Gasteiger partial charge >= 0.3 is 0 Å². The van der Waals surface area contributed by atoms with Gasteiger partial charge in [-0.3, -0.25) is 0 Å². The molecule has 1 aliphatic heterocycles. The van der Waals surface area contributed by atoms with Gasteiger partial charge in [0.25, 0.3) is 0 Å². The lowest BCUT2D eigenvalue weighted by molar-refractivity contribution is 0.139. The molecule has 0 amide bonds. The fourth-order valence-corrected chi connectivity index (χ4v) is 7.87. The molecule has 198 valence electrons. The van der Waals surface area contributed by atoms with Crippen LogP contribution in [0.4, 0.5) is 17.1 Å². The maximum absolute atomic E-state index is 4.04. The Hall–Kier alpha value is -3.62. The molecule has 0 saturated heterocycles. The Morgan fingerprint density at radius 3 is 1.90 bits per heavy atom. The van der Waals surface area contributed by atoms with E-state index in [1.807, 2.05) is 0 Å². The molecule has 0 radical (unpaired) electrons. The number of halogens is 1. The largest absolute Gasteiger partial charge is 0.309 e. The second kappa shape index (κ2) is 8.69. The Morgan fingerprint density at radius 2 is 1.18 bits per heavy atom. The molecule has 4 bridgehead atoms. The van der Waals surface area contributed by atoms with Gasteiger partial charge in [-0.05, 0) is 75.0 Å². The van der Waals surface area contributed by atoms with E-state index in [1.165, 1.54) is 56.0 Å². The average molecular weight is 585 g/mol. The standard InChI is InChI=1S/C38H34BrN/c1-36(2)31-24-33(39)30-23-32(31)38(5,37(36,3)4)26-16-13-17-27(22-26)40(35-21-12-10-19-29(30)35)34-20-11-9-18-28(34)25-14-7-6-8-15-25/h6-24H,1-5H3. The third kappa shape index (κ3) is 3.26. The van der Waals surface area contributed by atoms with Crippen LogP contribution in [0.2, 0.25) is 0 Å². The summed E-state index contributed by atoms with van der Waals surface area (Å²) in [5.41, 5.74) is 12.4. The highest BCUT2D eigenvalue weighted by Gasteiger charge is 2.60. The van der Waals surface area contributed by atoms with Gasteiger partial charge in [0.05, 0.1) is 11.4 Å². The number of rotatable bonds is 2. The van der Waals surface area contributed by atoms with Crippen LogP contribution in [0.15, 0.2) is 120 Å². The SMILES string of the molecule is CC1(C)c2cc(Br)c3cc2C(C)(c2cccc(c2)N(c2ccccc2-c2ccccc2)c2ccccc2-3)C1(C)C. The summed E-state index contributed by atoms with van der Waals surface area (Å²) < 4.78 is 1.15. The molecule has 1 nitrogen and oxygen atoms in total. The molecule has 5 aromatic rings. The lowest BCUT2D eigenvalue weighted by Crippen LogP contribution is -2.45. The quantitative estimate of drug-likeness (QED) is 0.200. The van der Waals surface area contributed by atoms with Crippen LogP contribution >= 0.6 is 15.9 Å². The van der Waals surface area contributed by atoms with Crippen LogP contribution in [-0.4, -0.2) is 0 Å². The van der Waals surface area contributed by atoms with Crippen LogP contribution in [0.3, 0.4) is 0 Å². The van der Waals surface area contributed by atoms with Crippen molar-refractivity contribution in [1.82, 2.24) is 0 Å². The van der Waals surface area contributed by atoms with Gasteiger partial charge in [-0.2, -0.15) is 0 Å². The first kappa shape index (κ1) is 25.4. The zero-order chi connectivity index (χ0) is 27.9. The van der Waals surface area contributed by atoms with Crippen molar-refractivity contribution in [1.29, 1.82) is 0 Å². The zero-order valence-electron chi connectivity index (χ0n) is 23.8. The molecule has 2 heteroatoms. The predicted molar refractivity (Wildman–Crippen MR) is 173 cm³/mol. The topological polar surface area (TPSA) is 3.24 Å². The smallest absolute Gasteiger partial charge is 0.0540 e. The van der Waals surface area contributed by atoms with E-state index in [9.17, 15) is 0 Å². The van der Waals surface area contributed by atoms with Gasteiger partial charge in [-0.25, -0.2) is 0 Å². The van der Waals surface area contributed by atoms with Crippen LogP contribution in [0, 0.1) is 5.41 Å². The lowest BCUT2D eigenvalue weighted by Gasteiger charge is -2.47. The minimum absolute atomic E-state index is 0.0126. The highest BCUT2D eigenvalue weighted by molar-refractivity contribution is 9.10. The molecular formula is C38H34BrN. The third-order valence-corrected chi connectivity index (χ3v) is 11.1. The van der Waals surface area contributed by atoms with E-state index in [2.05, 4.69) is 171 Å². The Labute approximate surface area is 246 Å². The van der Waals surface area contributed by atoms with Gasteiger partial charge in [0.1, 0.15) is 0 Å². The molecule has 2 aliphatic rings. The van der Waals surface area contributed by atoms with E-state index in [-0.39, 0.29) is 16.2 Å². The fraction of sp³-hybridized carbons (Fsp3) is 0.211. The van der Waals surface area contributed by atoms with E-state index < -0.39 is 0 Å². The van der Waals surface area contributed by atoms with Crippen LogP contribution < -0.4 is 4.90 Å². The van der Waals surface area contributed by atoms with Crippen molar-refractivity contribution >= 4 is 33.0 Å². The van der Waals surface area contributed by atoms with Gasteiger partial charge in [0, 0.05) is 26.7 Å². The highest BCUT2D eigenvalue weighted by Crippen LogP contribution is 2.65. The van der Waals surface area contributed by atoms with Crippen LogP contribution in [0.1, 0.15) is 51.3 Å². The van der Waals surface area contributed by atoms with Crippen molar-refractivity contribution in [2.75, 3.05) is 4.90 Å². The summed E-state index contributed by atoms with van der Waals surface area (Å²) in [7, 11) is 0. The summed E-state index contributed by atoms with van der Waals surface area (Å²) in [5.74, 6) is 0. The lowest BCUT2D eigenvalue weighted by atomic mass is 9.56. The zero-order valence-corrected chi connectivity index (χ0v) is 25.4. The van der Waals surface area contributed by atoms with Crippen molar-refractivity contribution in [3.05, 3.63) is 136 Å². The Balaban J connectivity index is 1.62. The number of nitrogens with zero attached hydrogens (tertiary/aromatic N) is 1. The molecule has 1 heterocycles. The molecule has 7 rings (SSSR count). The van der Waals surface area contributed by atoms with Crippen molar-refractivity contribution in [3.8, 4) is 22.3 Å². The van der Waals surface area contributed by atoms with Crippen LogP contribution in [0.25, 0.3) is 22.3 Å². The first-order chi connectivity index (χ1) is 19.2. The maximum atomic E-state index is 4.04. The summed E-state index contributed by atoms with van der Waals surface area (Å²) in [6.45, 7) is 12.2. The summed E-state index contributed by atoms with van der Waals surface area (Å²) in [5, 5.41) is 0. The summed E-state index contributed by atoms with van der Waals surface area (Å²) in [6, 6.07) is 42.6. The first-order valence-electron chi connectivity index (χ1n) is 14.2. The third-order valence-electron chi connectivity index (χ3n) is 10.5. The summed E-state index contributed by atoms with van der Waals surface area (Å²) >= 11 is 4.04. The van der Waals surface area contributed by atoms with E-state index >= 15 is 0 Å². The molecule has 1 atom stereocenters. The number of hydrogen-bond acceptors (Lipinski definition) is 1. The van der Waals surface area contributed by atoms with Crippen LogP contribution in [-0.2, 0) is 10.8 Å². The van der Waals surface area contributed by atoms with Gasteiger partial charge in [0.2, 0.25) is 0 Å². The molecule has 40 heavy (non-hydrogen) atoms. The van der Waals surface area contributed by atoms with E-state index in [1.54, 1.807) is 0 Å². The van der Waals surface area contributed by atoms with Gasteiger partial charge in [-0.15, -0.1) is 0 Å². The van der Waals surface area contributed by atoms with Crippen molar-refractivity contribution in [3.63, 3.8) is 0 Å². The Kier molecular flexibility index (Phi) is 5.51. The normalized spacial score (nSPS) is 19.7.